The number of ether oxygens (including phenoxy) is 3. The number of anilines is 3. The van der Waals surface area contributed by atoms with Crippen molar-refractivity contribution in [2.45, 2.75) is 18.5 Å². The van der Waals surface area contributed by atoms with E-state index in [9.17, 15) is 26.3 Å². The predicted molar refractivity (Wildman–Crippen MR) is 95.7 cm³/mol. The Hall–Kier alpha value is -3.03. The number of hydrogen-bond donors (Lipinski definition) is 1. The van der Waals surface area contributed by atoms with Gasteiger partial charge in [0.15, 0.2) is 0 Å². The molecule has 2 heterocycles. The molecule has 8 nitrogen and oxygen atoms in total. The third kappa shape index (κ3) is 5.99. The number of methoxy groups -OCH3 is 1. The molecule has 0 unspecified atom stereocenters. The van der Waals surface area contributed by atoms with Crippen LogP contribution in [0.15, 0.2) is 24.3 Å². The topological polar surface area (TPSA) is 81.6 Å². The van der Waals surface area contributed by atoms with Gasteiger partial charge in [0.05, 0.1) is 20.3 Å². The van der Waals surface area contributed by atoms with Gasteiger partial charge in [-0.05, 0) is 24.3 Å². The lowest BCUT2D eigenvalue weighted by molar-refractivity contribution is -0.301. The molecule has 1 aliphatic rings. The summed E-state index contributed by atoms with van der Waals surface area (Å²) in [7, 11) is 1.46. The third-order valence-corrected chi connectivity index (χ3v) is 4.06. The van der Waals surface area contributed by atoms with Crippen molar-refractivity contribution in [2.24, 2.45) is 0 Å². The quantitative estimate of drug-likeness (QED) is 0.668. The lowest BCUT2D eigenvalue weighted by atomic mass is 10.3. The van der Waals surface area contributed by atoms with Crippen LogP contribution in [0.1, 0.15) is 0 Å². The second kappa shape index (κ2) is 8.99. The van der Waals surface area contributed by atoms with E-state index < -0.39 is 24.5 Å². The van der Waals surface area contributed by atoms with Crippen LogP contribution in [0, 0.1) is 0 Å². The first kappa shape index (κ1) is 22.7. The van der Waals surface area contributed by atoms with Crippen molar-refractivity contribution in [3.8, 4) is 11.8 Å². The highest BCUT2D eigenvalue weighted by molar-refractivity contribution is 5.55. The Morgan fingerprint density at radius 1 is 0.968 bits per heavy atom. The lowest BCUT2D eigenvalue weighted by Gasteiger charge is -2.27. The minimum Gasteiger partial charge on any atom is -0.497 e. The van der Waals surface area contributed by atoms with Crippen molar-refractivity contribution in [1.29, 1.82) is 0 Å². The van der Waals surface area contributed by atoms with Crippen LogP contribution in [0.4, 0.5) is 43.9 Å². The second-order valence-electron chi connectivity index (χ2n) is 6.28. The lowest BCUT2D eigenvalue weighted by Crippen LogP contribution is -2.47. The fourth-order valence-corrected chi connectivity index (χ4v) is 2.59. The highest BCUT2D eigenvalue weighted by atomic mass is 19.4. The molecule has 3 rings (SSSR count). The Labute approximate surface area is 172 Å². The summed E-state index contributed by atoms with van der Waals surface area (Å²) in [4.78, 5) is 12.9. The summed E-state index contributed by atoms with van der Waals surface area (Å²) in [5, 5.41) is 2.71. The smallest absolute Gasteiger partial charge is 0.434 e. The van der Waals surface area contributed by atoms with Gasteiger partial charge in [0, 0.05) is 18.8 Å². The highest BCUT2D eigenvalue weighted by Crippen LogP contribution is 2.36. The first-order valence-corrected chi connectivity index (χ1v) is 8.86. The molecule has 0 bridgehead atoms. The van der Waals surface area contributed by atoms with Crippen LogP contribution >= 0.6 is 0 Å². The molecule has 170 valence electrons. The number of morpholine rings is 1. The normalized spacial score (nSPS) is 15.2. The first-order valence-electron chi connectivity index (χ1n) is 8.86. The van der Waals surface area contributed by atoms with Crippen LogP contribution in [0.2, 0.25) is 0 Å². The Morgan fingerprint density at radius 3 is 2.13 bits per heavy atom. The highest BCUT2D eigenvalue weighted by Gasteiger charge is 2.59. The number of benzene rings is 1. The Morgan fingerprint density at radius 2 is 1.58 bits per heavy atom. The molecule has 1 aliphatic heterocycles. The summed E-state index contributed by atoms with van der Waals surface area (Å²) in [6.07, 6.45) is -15.5. The molecule has 1 aromatic carbocycles. The summed E-state index contributed by atoms with van der Waals surface area (Å²) < 4.78 is 91.8. The number of nitrogens with one attached hydrogen (secondary N) is 1. The first-order chi connectivity index (χ1) is 14.6. The van der Waals surface area contributed by atoms with Gasteiger partial charge in [-0.3, -0.25) is 0 Å². The van der Waals surface area contributed by atoms with Gasteiger partial charge >= 0.3 is 18.4 Å². The SMILES string of the molecule is COc1ccc(Nc2nc(OC(C(F)(F)F)C(F)(F)F)nc(N3CCOCC3)n2)cc1. The number of aromatic nitrogens is 3. The maximum Gasteiger partial charge on any atom is 0.434 e. The van der Waals surface area contributed by atoms with Crippen LogP contribution in [-0.4, -0.2) is 66.8 Å². The minimum atomic E-state index is -5.71. The van der Waals surface area contributed by atoms with E-state index in [4.69, 9.17) is 9.47 Å². The predicted octanol–water partition coefficient (Wildman–Crippen LogP) is 3.33. The summed E-state index contributed by atoms with van der Waals surface area (Å²) in [6.45, 7) is 1.15. The summed E-state index contributed by atoms with van der Waals surface area (Å²) >= 11 is 0. The van der Waals surface area contributed by atoms with Gasteiger partial charge in [-0.2, -0.15) is 41.3 Å². The van der Waals surface area contributed by atoms with Crippen molar-refractivity contribution in [3.05, 3.63) is 24.3 Å². The van der Waals surface area contributed by atoms with Crippen LogP contribution in [0.25, 0.3) is 0 Å². The number of rotatable bonds is 6. The van der Waals surface area contributed by atoms with Gasteiger partial charge in [0.25, 0.3) is 6.10 Å². The van der Waals surface area contributed by atoms with Gasteiger partial charge in [-0.15, -0.1) is 0 Å². The molecule has 0 saturated carbocycles. The summed E-state index contributed by atoms with van der Waals surface area (Å²) in [5.74, 6) is 0.101. The molecular formula is C17H17F6N5O3. The van der Waals surface area contributed by atoms with Crippen molar-refractivity contribution >= 4 is 17.6 Å². The van der Waals surface area contributed by atoms with Crippen molar-refractivity contribution in [1.82, 2.24) is 15.0 Å². The van der Waals surface area contributed by atoms with Gasteiger partial charge in [-0.25, -0.2) is 0 Å². The van der Waals surface area contributed by atoms with Crippen LogP contribution < -0.4 is 19.7 Å². The number of hydrogen-bond acceptors (Lipinski definition) is 8. The van der Waals surface area contributed by atoms with E-state index in [-0.39, 0.29) is 38.2 Å². The van der Waals surface area contributed by atoms with E-state index in [1.54, 1.807) is 24.3 Å². The molecule has 0 radical (unpaired) electrons. The molecule has 14 heteroatoms. The molecule has 1 aromatic heterocycles. The largest absolute Gasteiger partial charge is 0.497 e. The van der Waals surface area contributed by atoms with Crippen LogP contribution in [-0.2, 0) is 4.74 Å². The molecule has 31 heavy (non-hydrogen) atoms. The maximum absolute atomic E-state index is 12.9. The van der Waals surface area contributed by atoms with Crippen molar-refractivity contribution in [3.63, 3.8) is 0 Å². The Kier molecular flexibility index (Phi) is 6.57. The molecule has 0 atom stereocenters. The van der Waals surface area contributed by atoms with E-state index >= 15 is 0 Å². The van der Waals surface area contributed by atoms with E-state index in [1.165, 1.54) is 12.0 Å². The fourth-order valence-electron chi connectivity index (χ4n) is 2.59. The zero-order valence-corrected chi connectivity index (χ0v) is 16.0. The van der Waals surface area contributed by atoms with Gasteiger partial charge in [0.1, 0.15) is 5.75 Å². The average Bonchev–Trinajstić information content (AvgIpc) is 2.71. The Balaban J connectivity index is 1.93. The van der Waals surface area contributed by atoms with E-state index in [0.717, 1.165) is 0 Å². The van der Waals surface area contributed by atoms with Crippen molar-refractivity contribution < 1.29 is 40.6 Å². The molecule has 2 aromatic rings. The zero-order chi connectivity index (χ0) is 22.6. The third-order valence-electron chi connectivity index (χ3n) is 4.06. The summed E-state index contributed by atoms with van der Waals surface area (Å²) in [5.41, 5.74) is 0.411. The standard InChI is InChI=1S/C17H17F6N5O3/c1-29-11-4-2-10(3-5-11)24-13-25-14(28-6-8-30-9-7-28)27-15(26-13)31-12(16(18,19)20)17(21,22)23/h2-5,12H,6-9H2,1H3,(H,24,25,26,27). The van der Waals surface area contributed by atoms with Gasteiger partial charge in [0.2, 0.25) is 11.9 Å². The fraction of sp³-hybridized carbons (Fsp3) is 0.471. The van der Waals surface area contributed by atoms with Crippen molar-refractivity contribution in [2.75, 3.05) is 43.6 Å². The second-order valence-corrected chi connectivity index (χ2v) is 6.28. The van der Waals surface area contributed by atoms with E-state index in [1.807, 2.05) is 0 Å². The molecule has 1 saturated heterocycles. The molecule has 1 N–H and O–H groups in total. The summed E-state index contributed by atoms with van der Waals surface area (Å²) in [6, 6.07) is 5.19. The molecule has 0 amide bonds. The van der Waals surface area contributed by atoms with Gasteiger partial charge in [-0.1, -0.05) is 0 Å². The number of alkyl halides is 6. The molecule has 1 fully saturated rings. The van der Waals surface area contributed by atoms with Gasteiger partial charge < -0.3 is 24.4 Å². The minimum absolute atomic E-state index is 0.146. The molecule has 0 aliphatic carbocycles. The monoisotopic (exact) mass is 453 g/mol. The number of nitrogens with zero attached hydrogens (tertiary/aromatic N) is 4. The van der Waals surface area contributed by atoms with Crippen LogP contribution in [0.5, 0.6) is 11.8 Å². The van der Waals surface area contributed by atoms with E-state index in [0.29, 0.717) is 11.4 Å². The maximum atomic E-state index is 12.9. The average molecular weight is 453 g/mol. The zero-order valence-electron chi connectivity index (χ0n) is 16.0. The number of halogens is 6. The molecule has 0 spiro atoms. The van der Waals surface area contributed by atoms with Crippen LogP contribution in [0.3, 0.4) is 0 Å². The molecular weight excluding hydrogens is 436 g/mol. The Bertz CT molecular complexity index is 858. The van der Waals surface area contributed by atoms with E-state index in [2.05, 4.69) is 25.0 Å².